The van der Waals surface area contributed by atoms with E-state index in [0.717, 1.165) is 5.69 Å². The molecule has 2 aromatic heterocycles. The van der Waals surface area contributed by atoms with E-state index in [-0.39, 0.29) is 29.3 Å². The molecule has 3 aromatic rings. The summed E-state index contributed by atoms with van der Waals surface area (Å²) in [7, 11) is -1.92. The molecule has 1 aromatic carbocycles. The van der Waals surface area contributed by atoms with Crippen LogP contribution in [0.15, 0.2) is 39.6 Å². The summed E-state index contributed by atoms with van der Waals surface area (Å²) in [5.41, 5.74) is 1.42. The molecule has 1 unspecified atom stereocenters. The van der Waals surface area contributed by atoms with Crippen molar-refractivity contribution >= 4 is 33.5 Å². The van der Waals surface area contributed by atoms with E-state index < -0.39 is 15.9 Å². The average molecular weight is 465 g/mol. The van der Waals surface area contributed by atoms with Gasteiger partial charge in [-0.3, -0.25) is 14.8 Å². The zero-order chi connectivity index (χ0) is 22.2. The Bertz CT molecular complexity index is 1180. The van der Waals surface area contributed by atoms with Gasteiger partial charge in [0.25, 0.3) is 5.89 Å². The van der Waals surface area contributed by atoms with Gasteiger partial charge in [-0.2, -0.15) is 9.40 Å². The number of halogens is 1. The molecule has 1 fully saturated rings. The topological polar surface area (TPSA) is 123 Å². The number of piperidine rings is 1. The Hall–Kier alpha value is -2.76. The molecule has 0 spiro atoms. The van der Waals surface area contributed by atoms with E-state index in [1.807, 2.05) is 6.92 Å². The predicted octanol–water partition coefficient (Wildman–Crippen LogP) is 2.47. The van der Waals surface area contributed by atoms with Crippen molar-refractivity contribution in [2.24, 2.45) is 13.0 Å². The van der Waals surface area contributed by atoms with E-state index in [9.17, 15) is 13.2 Å². The summed E-state index contributed by atoms with van der Waals surface area (Å²) in [4.78, 5) is 12.9. The molecule has 164 valence electrons. The normalized spacial score (nSPS) is 17.6. The number of amides is 1. The standard InChI is InChI=1S/C19H21ClN6O4S/c1-12-10-16(24-25(12)2)18-22-23-19(30-18)21-17(27)13-4-3-9-26(11-13)31(28,29)15-7-5-14(20)6-8-15/h5-8,10,13H,3-4,9,11H2,1-2H3,(H,21,23,27). The maximum Gasteiger partial charge on any atom is 0.322 e. The van der Waals surface area contributed by atoms with Crippen LogP contribution in [0.2, 0.25) is 5.02 Å². The molecule has 0 radical (unpaired) electrons. The lowest BCUT2D eigenvalue weighted by Crippen LogP contribution is -2.43. The quantitative estimate of drug-likeness (QED) is 0.615. The van der Waals surface area contributed by atoms with Crippen molar-refractivity contribution in [2.45, 2.75) is 24.7 Å². The molecule has 1 saturated heterocycles. The second kappa shape index (κ2) is 8.40. The van der Waals surface area contributed by atoms with E-state index in [4.69, 9.17) is 16.0 Å². The summed E-state index contributed by atoms with van der Waals surface area (Å²) in [6.45, 7) is 2.30. The zero-order valence-corrected chi connectivity index (χ0v) is 18.5. The summed E-state index contributed by atoms with van der Waals surface area (Å²) in [5.74, 6) is -0.721. The van der Waals surface area contributed by atoms with Gasteiger partial charge in [-0.25, -0.2) is 8.42 Å². The first-order valence-electron chi connectivity index (χ1n) is 9.65. The van der Waals surface area contributed by atoms with Gasteiger partial charge in [-0.1, -0.05) is 16.7 Å². The van der Waals surface area contributed by atoms with Crippen LogP contribution < -0.4 is 5.32 Å². The molecule has 0 bridgehead atoms. The number of nitrogens with zero attached hydrogens (tertiary/aromatic N) is 5. The van der Waals surface area contributed by atoms with E-state index in [2.05, 4.69) is 20.6 Å². The highest BCUT2D eigenvalue weighted by Crippen LogP contribution is 2.26. The maximum absolute atomic E-state index is 12.9. The number of hydrogen-bond acceptors (Lipinski definition) is 7. The Morgan fingerprint density at radius 2 is 2.00 bits per heavy atom. The molecule has 12 heteroatoms. The largest absolute Gasteiger partial charge is 0.401 e. The van der Waals surface area contributed by atoms with Crippen LogP contribution in [-0.2, 0) is 21.9 Å². The molecule has 0 aliphatic carbocycles. The second-order valence-electron chi connectivity index (χ2n) is 7.35. The Morgan fingerprint density at radius 1 is 1.26 bits per heavy atom. The van der Waals surface area contributed by atoms with Crippen LogP contribution >= 0.6 is 11.6 Å². The molecule has 3 heterocycles. The third kappa shape index (κ3) is 4.48. The molecular weight excluding hydrogens is 444 g/mol. The fourth-order valence-electron chi connectivity index (χ4n) is 3.38. The van der Waals surface area contributed by atoms with Crippen molar-refractivity contribution in [3.63, 3.8) is 0 Å². The fourth-order valence-corrected chi connectivity index (χ4v) is 5.03. The number of nitrogens with one attached hydrogen (secondary N) is 1. The van der Waals surface area contributed by atoms with Crippen LogP contribution in [0.25, 0.3) is 11.6 Å². The third-order valence-electron chi connectivity index (χ3n) is 5.19. The lowest BCUT2D eigenvalue weighted by atomic mass is 9.99. The van der Waals surface area contributed by atoms with Gasteiger partial charge in [0.15, 0.2) is 0 Å². The van der Waals surface area contributed by atoms with Crippen LogP contribution in [0.4, 0.5) is 6.01 Å². The molecule has 4 rings (SSSR count). The second-order valence-corrected chi connectivity index (χ2v) is 9.73. The molecule has 1 aliphatic rings. The third-order valence-corrected chi connectivity index (χ3v) is 7.33. The molecule has 31 heavy (non-hydrogen) atoms. The smallest absolute Gasteiger partial charge is 0.322 e. The minimum absolute atomic E-state index is 0.0546. The number of rotatable bonds is 5. The summed E-state index contributed by atoms with van der Waals surface area (Å²) in [6, 6.07) is 7.71. The average Bonchev–Trinajstić information content (AvgIpc) is 3.35. The Labute approximate surface area is 184 Å². The lowest BCUT2D eigenvalue weighted by molar-refractivity contribution is -0.121. The number of carbonyl (C=O) groups excluding carboxylic acids is 1. The van der Waals surface area contributed by atoms with Crippen LogP contribution in [0.1, 0.15) is 18.5 Å². The number of anilines is 1. The van der Waals surface area contributed by atoms with Crippen molar-refractivity contribution in [2.75, 3.05) is 18.4 Å². The first kappa shape index (κ1) is 21.5. The number of aryl methyl sites for hydroxylation is 2. The van der Waals surface area contributed by atoms with E-state index in [1.54, 1.807) is 17.8 Å². The number of aromatic nitrogens is 4. The number of benzene rings is 1. The predicted molar refractivity (Wildman–Crippen MR) is 113 cm³/mol. The summed E-state index contributed by atoms with van der Waals surface area (Å²) in [5, 5.41) is 15.1. The highest BCUT2D eigenvalue weighted by atomic mass is 35.5. The van der Waals surface area contributed by atoms with Crippen LogP contribution in [0, 0.1) is 12.8 Å². The van der Waals surface area contributed by atoms with Crippen molar-refractivity contribution in [1.82, 2.24) is 24.3 Å². The zero-order valence-electron chi connectivity index (χ0n) is 16.9. The molecule has 0 saturated carbocycles. The monoisotopic (exact) mass is 464 g/mol. The van der Waals surface area contributed by atoms with Gasteiger partial charge in [0, 0.05) is 30.9 Å². The Balaban J connectivity index is 1.44. The highest BCUT2D eigenvalue weighted by Gasteiger charge is 2.34. The van der Waals surface area contributed by atoms with E-state index in [1.165, 1.54) is 28.6 Å². The van der Waals surface area contributed by atoms with E-state index in [0.29, 0.717) is 30.1 Å². The number of carbonyl (C=O) groups is 1. The number of sulfonamides is 1. The van der Waals surface area contributed by atoms with E-state index >= 15 is 0 Å². The first-order valence-corrected chi connectivity index (χ1v) is 11.5. The summed E-state index contributed by atoms with van der Waals surface area (Å²) >= 11 is 5.85. The maximum atomic E-state index is 12.9. The molecule has 1 N–H and O–H groups in total. The summed E-state index contributed by atoms with van der Waals surface area (Å²) < 4.78 is 34.3. The van der Waals surface area contributed by atoms with Gasteiger partial charge in [0.1, 0.15) is 5.69 Å². The van der Waals surface area contributed by atoms with Gasteiger partial charge in [0.2, 0.25) is 15.9 Å². The molecule has 1 amide bonds. The van der Waals surface area contributed by atoms with Crippen LogP contribution in [-0.4, -0.2) is 51.7 Å². The lowest BCUT2D eigenvalue weighted by Gasteiger charge is -2.30. The molecule has 1 aliphatic heterocycles. The van der Waals surface area contributed by atoms with Crippen molar-refractivity contribution < 1.29 is 17.6 Å². The molecule has 10 nitrogen and oxygen atoms in total. The van der Waals surface area contributed by atoms with Crippen LogP contribution in [0.5, 0.6) is 0 Å². The van der Waals surface area contributed by atoms with Crippen molar-refractivity contribution in [1.29, 1.82) is 0 Å². The SMILES string of the molecule is Cc1cc(-c2nnc(NC(=O)C3CCCN(S(=O)(=O)c4ccc(Cl)cc4)C3)o2)nn1C. The van der Waals surface area contributed by atoms with Gasteiger partial charge in [-0.05, 0) is 50.1 Å². The van der Waals surface area contributed by atoms with Crippen LogP contribution in [0.3, 0.4) is 0 Å². The molecular formula is C19H21ClN6O4S. The Kier molecular flexibility index (Phi) is 5.82. The van der Waals surface area contributed by atoms with Crippen molar-refractivity contribution in [3.05, 3.63) is 41.0 Å². The van der Waals surface area contributed by atoms with Crippen molar-refractivity contribution in [3.8, 4) is 11.6 Å². The van der Waals surface area contributed by atoms with Gasteiger partial charge >= 0.3 is 6.01 Å². The molecule has 1 atom stereocenters. The minimum Gasteiger partial charge on any atom is -0.401 e. The van der Waals surface area contributed by atoms with Gasteiger partial charge in [0.05, 0.1) is 10.8 Å². The number of hydrogen-bond donors (Lipinski definition) is 1. The first-order chi connectivity index (χ1) is 14.7. The highest BCUT2D eigenvalue weighted by molar-refractivity contribution is 7.89. The van der Waals surface area contributed by atoms with Gasteiger partial charge < -0.3 is 4.42 Å². The minimum atomic E-state index is -3.72. The summed E-state index contributed by atoms with van der Waals surface area (Å²) in [6.07, 6.45) is 1.12. The fraction of sp³-hybridized carbons (Fsp3) is 0.368. The van der Waals surface area contributed by atoms with Gasteiger partial charge in [-0.15, -0.1) is 5.10 Å². The Morgan fingerprint density at radius 3 is 2.68 bits per heavy atom.